The minimum atomic E-state index is -1.14. The van der Waals surface area contributed by atoms with Gasteiger partial charge in [0.25, 0.3) is 5.56 Å². The lowest BCUT2D eigenvalue weighted by molar-refractivity contribution is -0.145. The molecule has 0 radical (unpaired) electrons. The zero-order valence-electron chi connectivity index (χ0n) is 29.4. The van der Waals surface area contributed by atoms with Crippen LogP contribution < -0.4 is 15.0 Å². The first-order chi connectivity index (χ1) is 24.3. The van der Waals surface area contributed by atoms with Crippen molar-refractivity contribution in [2.75, 3.05) is 0 Å². The molecule has 1 N–H and O–H groups in total. The molecule has 0 fully saturated rings. The van der Waals surface area contributed by atoms with Crippen LogP contribution in [0, 0.1) is 6.92 Å². The molecule has 0 aliphatic carbocycles. The first-order valence-corrected chi connectivity index (χ1v) is 17.5. The normalized spacial score (nSPS) is 11.7. The second kappa shape index (κ2) is 17.4. The maximum absolute atomic E-state index is 14.4. The first kappa shape index (κ1) is 36.0. The molecule has 2 heterocycles. The number of carboxylic acid groups (broad SMARTS) is 1. The summed E-state index contributed by atoms with van der Waals surface area (Å²) in [5, 5.41) is 10.2. The fourth-order valence-corrected chi connectivity index (χ4v) is 6.12. The molecule has 1 atom stereocenters. The highest BCUT2D eigenvalue weighted by Gasteiger charge is 2.25. The van der Waals surface area contributed by atoms with Gasteiger partial charge in [-0.15, -0.1) is 0 Å². The molecule has 260 valence electrons. The number of benzene rings is 3. The predicted molar refractivity (Wildman–Crippen MR) is 194 cm³/mol. The van der Waals surface area contributed by atoms with Gasteiger partial charge in [-0.3, -0.25) is 4.79 Å². The van der Waals surface area contributed by atoms with Crippen molar-refractivity contribution in [3.05, 3.63) is 140 Å². The molecule has 0 saturated carbocycles. The Morgan fingerprint density at radius 3 is 2.04 bits per heavy atom. The number of nitrogens with zero attached hydrogens (tertiary/aromatic N) is 4. The van der Waals surface area contributed by atoms with Crippen molar-refractivity contribution in [1.29, 1.82) is 0 Å². The van der Waals surface area contributed by atoms with E-state index in [4.69, 9.17) is 14.5 Å². The Labute approximate surface area is 294 Å². The average Bonchev–Trinajstić information content (AvgIpc) is 3.12. The van der Waals surface area contributed by atoms with Crippen LogP contribution in [-0.2, 0) is 37.1 Å². The van der Waals surface area contributed by atoms with Gasteiger partial charge < -0.3 is 14.6 Å². The lowest BCUT2D eigenvalue weighted by Gasteiger charge is -2.22. The fourth-order valence-electron chi connectivity index (χ4n) is 6.12. The molecule has 1 unspecified atom stereocenters. The molecule has 5 aromatic rings. The monoisotopic (exact) mass is 674 g/mol. The highest BCUT2D eigenvalue weighted by atomic mass is 16.5. The van der Waals surface area contributed by atoms with Crippen molar-refractivity contribution in [1.82, 2.24) is 19.5 Å². The van der Waals surface area contributed by atoms with Gasteiger partial charge in [-0.25, -0.2) is 24.3 Å². The average molecular weight is 675 g/mol. The molecule has 2 aromatic heterocycles. The maximum Gasteiger partial charge on any atom is 0.349 e. The number of hydrogen-bond donors (Lipinski definition) is 1. The lowest BCUT2D eigenvalue weighted by Crippen LogP contribution is -2.29. The van der Waals surface area contributed by atoms with Gasteiger partial charge in [0.1, 0.15) is 18.2 Å². The van der Waals surface area contributed by atoms with Crippen LogP contribution in [0.1, 0.15) is 97.5 Å². The largest absolute Gasteiger partial charge is 0.486 e. The highest BCUT2D eigenvalue weighted by Crippen LogP contribution is 2.34. The van der Waals surface area contributed by atoms with Gasteiger partial charge in [0, 0.05) is 17.5 Å². The molecule has 0 amide bonds. The number of carboxylic acids is 1. The van der Waals surface area contributed by atoms with Crippen LogP contribution in [0.2, 0.25) is 0 Å². The minimum Gasteiger partial charge on any atom is -0.486 e. The van der Waals surface area contributed by atoms with Crippen LogP contribution in [0.3, 0.4) is 0 Å². The van der Waals surface area contributed by atoms with E-state index >= 15 is 0 Å². The zero-order valence-corrected chi connectivity index (χ0v) is 29.4. The maximum atomic E-state index is 14.4. The number of unbranched alkanes of at least 4 members (excludes halogenated alkanes) is 1. The van der Waals surface area contributed by atoms with E-state index in [-0.39, 0.29) is 11.5 Å². The summed E-state index contributed by atoms with van der Waals surface area (Å²) < 4.78 is 13.7. The minimum absolute atomic E-state index is 0.203. The van der Waals surface area contributed by atoms with Gasteiger partial charge in [0.15, 0.2) is 5.75 Å². The van der Waals surface area contributed by atoms with E-state index in [2.05, 4.69) is 42.9 Å². The van der Waals surface area contributed by atoms with Gasteiger partial charge in [0.2, 0.25) is 12.1 Å². The predicted octanol–water partition coefficient (Wildman–Crippen LogP) is 7.95. The van der Waals surface area contributed by atoms with Gasteiger partial charge in [-0.05, 0) is 54.9 Å². The van der Waals surface area contributed by atoms with E-state index in [9.17, 15) is 14.7 Å². The zero-order chi connectivity index (χ0) is 35.5. The van der Waals surface area contributed by atoms with Crippen LogP contribution in [0.5, 0.6) is 11.5 Å². The van der Waals surface area contributed by atoms with Crippen LogP contribution in [0.25, 0.3) is 5.95 Å². The quantitative estimate of drug-likeness (QED) is 0.106. The standard InChI is InChI=1S/C41H46N4O5/c1-5-8-21-36-35(39(46)45(28(4)44-36)41-42-25-34(26-43-41)49-27-29-17-11-9-12-18-29)24-30-22-32(15-6-2)37(33(23-30)16-7-3)50-38(40(47)48)31-19-13-10-14-20-31/h9-14,17-20,22-23,25-26,38H,5-8,15-16,21,24,27H2,1-4H3,(H,47,48). The number of aromatic nitrogens is 4. The molecule has 50 heavy (non-hydrogen) atoms. The summed E-state index contributed by atoms with van der Waals surface area (Å²) >= 11 is 0. The van der Waals surface area contributed by atoms with Gasteiger partial charge in [0.05, 0.1) is 18.1 Å². The Bertz CT molecular complexity index is 1900. The Morgan fingerprint density at radius 1 is 0.840 bits per heavy atom. The number of carbonyl (C=O) groups is 1. The highest BCUT2D eigenvalue weighted by molar-refractivity contribution is 5.75. The third kappa shape index (κ3) is 8.83. The second-order valence-corrected chi connectivity index (χ2v) is 12.5. The number of rotatable bonds is 17. The van der Waals surface area contributed by atoms with Crippen LogP contribution >= 0.6 is 0 Å². The Morgan fingerprint density at radius 2 is 1.46 bits per heavy atom. The summed E-state index contributed by atoms with van der Waals surface area (Å²) in [7, 11) is 0. The van der Waals surface area contributed by atoms with E-state index in [1.807, 2.05) is 48.5 Å². The number of aliphatic carboxylic acids is 1. The third-order valence-electron chi connectivity index (χ3n) is 8.54. The van der Waals surface area contributed by atoms with Crippen molar-refractivity contribution < 1.29 is 19.4 Å². The molecule has 3 aromatic carbocycles. The fraction of sp³-hybridized carbons (Fsp3) is 0.341. The van der Waals surface area contributed by atoms with E-state index in [0.717, 1.165) is 53.6 Å². The van der Waals surface area contributed by atoms with E-state index in [0.29, 0.717) is 60.7 Å². The molecule has 5 rings (SSSR count). The Kier molecular flexibility index (Phi) is 12.5. The van der Waals surface area contributed by atoms with Gasteiger partial charge in [-0.2, -0.15) is 0 Å². The van der Waals surface area contributed by atoms with Crippen molar-refractivity contribution >= 4 is 5.97 Å². The lowest BCUT2D eigenvalue weighted by atomic mass is 9.94. The smallest absolute Gasteiger partial charge is 0.349 e. The van der Waals surface area contributed by atoms with E-state index in [1.54, 1.807) is 31.5 Å². The van der Waals surface area contributed by atoms with Gasteiger partial charge in [-0.1, -0.05) is 113 Å². The summed E-state index contributed by atoms with van der Waals surface area (Å²) in [6, 6.07) is 23.0. The summed E-state index contributed by atoms with van der Waals surface area (Å²) in [6.07, 6.45) is 8.01. The van der Waals surface area contributed by atoms with E-state index in [1.165, 1.54) is 4.57 Å². The summed E-state index contributed by atoms with van der Waals surface area (Å²) in [5.41, 5.74) is 5.60. The van der Waals surface area contributed by atoms with E-state index < -0.39 is 12.1 Å². The molecule has 0 spiro atoms. The summed E-state index contributed by atoms with van der Waals surface area (Å²) in [4.78, 5) is 40.7. The molecule has 9 nitrogen and oxygen atoms in total. The Hall–Kier alpha value is -5.31. The molecule has 0 bridgehead atoms. The third-order valence-corrected chi connectivity index (χ3v) is 8.54. The van der Waals surface area contributed by atoms with Crippen molar-refractivity contribution in [3.8, 4) is 17.4 Å². The molecule has 0 aliphatic heterocycles. The molecule has 0 aliphatic rings. The SMILES string of the molecule is CCCCc1nc(C)n(-c2ncc(OCc3ccccc3)cn2)c(=O)c1Cc1cc(CCC)c(OC(C(=O)O)c2ccccc2)c(CCC)c1. The second-order valence-electron chi connectivity index (χ2n) is 12.5. The first-order valence-electron chi connectivity index (χ1n) is 17.5. The number of ether oxygens (including phenoxy) is 2. The molecule has 9 heteroatoms. The number of aryl methyl sites for hydroxylation is 4. The van der Waals surface area contributed by atoms with Crippen LogP contribution in [-0.4, -0.2) is 30.6 Å². The molecular formula is C41H46N4O5. The van der Waals surface area contributed by atoms with Crippen LogP contribution in [0.4, 0.5) is 0 Å². The summed E-state index contributed by atoms with van der Waals surface area (Å²) in [6.45, 7) is 8.49. The van der Waals surface area contributed by atoms with Gasteiger partial charge >= 0.3 is 5.97 Å². The molecular weight excluding hydrogens is 628 g/mol. The van der Waals surface area contributed by atoms with Crippen molar-refractivity contribution in [2.24, 2.45) is 0 Å². The molecule has 0 saturated heterocycles. The Balaban J connectivity index is 1.52. The van der Waals surface area contributed by atoms with Crippen molar-refractivity contribution in [3.63, 3.8) is 0 Å². The van der Waals surface area contributed by atoms with Crippen molar-refractivity contribution in [2.45, 2.75) is 91.8 Å². The number of hydrogen-bond acceptors (Lipinski definition) is 7. The van der Waals surface area contributed by atoms with Crippen LogP contribution in [0.15, 0.2) is 90.0 Å². The topological polar surface area (TPSA) is 116 Å². The summed E-state index contributed by atoms with van der Waals surface area (Å²) in [5.74, 6) is 0.823.